The van der Waals surface area contributed by atoms with Crippen molar-refractivity contribution < 1.29 is 0 Å². The van der Waals surface area contributed by atoms with E-state index >= 15 is 0 Å². The van der Waals surface area contributed by atoms with Crippen LogP contribution in [0.3, 0.4) is 0 Å². The van der Waals surface area contributed by atoms with E-state index in [1.807, 2.05) is 0 Å². The Morgan fingerprint density at radius 1 is 0.652 bits per heavy atom. The van der Waals surface area contributed by atoms with Gasteiger partial charge in [0.25, 0.3) is 0 Å². The van der Waals surface area contributed by atoms with E-state index < -0.39 is 16.1 Å². The van der Waals surface area contributed by atoms with Crippen molar-refractivity contribution >= 4 is 21.3 Å². The minimum absolute atomic E-state index is 1.04. The van der Waals surface area contributed by atoms with Crippen molar-refractivity contribution in [2.24, 2.45) is 0 Å². The molecule has 0 aliphatic heterocycles. The summed E-state index contributed by atoms with van der Waals surface area (Å²) in [6.45, 7) is 14.3. The molecule has 2 aromatic rings. The molecule has 0 atom stereocenters. The molecule has 0 fully saturated rings. The molecule has 0 amide bonds. The number of hydrogen-bond donors (Lipinski definition) is 0. The molecule has 2 aromatic carbocycles. The van der Waals surface area contributed by atoms with E-state index in [9.17, 15) is 0 Å². The lowest BCUT2D eigenvalue weighted by Gasteiger charge is -2.16. The standard InChI is InChI=1S/C21H28Si2/c1-22(2,3)17-20-11-9-18(10-12-20)7-8-19-13-15-21(16-14-19)23(4,5)6/h9-16H,17H2,1-6H3. The second-order valence-corrected chi connectivity index (χ2v) is 19.1. The van der Waals surface area contributed by atoms with E-state index in [0.29, 0.717) is 0 Å². The Hall–Kier alpha value is -1.57. The number of benzene rings is 2. The van der Waals surface area contributed by atoms with Crippen LogP contribution in [-0.2, 0) is 6.04 Å². The molecular formula is C21H28Si2. The summed E-state index contributed by atoms with van der Waals surface area (Å²) in [4.78, 5) is 0. The lowest BCUT2D eigenvalue weighted by atomic mass is 10.1. The van der Waals surface area contributed by atoms with E-state index in [1.165, 1.54) is 16.8 Å². The molecule has 0 nitrogen and oxygen atoms in total. The van der Waals surface area contributed by atoms with Crippen molar-refractivity contribution in [1.29, 1.82) is 0 Å². The van der Waals surface area contributed by atoms with Gasteiger partial charge in [0.2, 0.25) is 0 Å². The third-order valence-corrected chi connectivity index (χ3v) is 7.32. The van der Waals surface area contributed by atoms with Gasteiger partial charge in [-0.15, -0.1) is 0 Å². The van der Waals surface area contributed by atoms with Crippen LogP contribution in [0.4, 0.5) is 0 Å². The van der Waals surface area contributed by atoms with Crippen LogP contribution in [0.15, 0.2) is 48.5 Å². The van der Waals surface area contributed by atoms with Crippen LogP contribution in [-0.4, -0.2) is 16.1 Å². The van der Waals surface area contributed by atoms with Crippen molar-refractivity contribution in [3.63, 3.8) is 0 Å². The molecule has 0 saturated heterocycles. The van der Waals surface area contributed by atoms with E-state index in [2.05, 4.69) is 99.7 Å². The van der Waals surface area contributed by atoms with Crippen molar-refractivity contribution in [3.8, 4) is 11.8 Å². The van der Waals surface area contributed by atoms with Crippen molar-refractivity contribution in [3.05, 3.63) is 65.2 Å². The lowest BCUT2D eigenvalue weighted by molar-refractivity contribution is 1.30. The van der Waals surface area contributed by atoms with Crippen LogP contribution in [0.2, 0.25) is 39.3 Å². The van der Waals surface area contributed by atoms with Crippen LogP contribution >= 0.6 is 0 Å². The highest BCUT2D eigenvalue weighted by Gasteiger charge is 2.15. The fraction of sp³-hybridized carbons (Fsp3) is 0.333. The second-order valence-electron chi connectivity index (χ2n) is 8.51. The Balaban J connectivity index is 2.10. The topological polar surface area (TPSA) is 0 Å². The van der Waals surface area contributed by atoms with E-state index in [4.69, 9.17) is 0 Å². The molecule has 120 valence electrons. The Morgan fingerprint density at radius 3 is 1.48 bits per heavy atom. The minimum Gasteiger partial charge on any atom is -0.0693 e. The second kappa shape index (κ2) is 6.90. The Bertz CT molecular complexity index is 700. The summed E-state index contributed by atoms with van der Waals surface area (Å²) in [6, 6.07) is 18.8. The van der Waals surface area contributed by atoms with Crippen LogP contribution in [0.5, 0.6) is 0 Å². The zero-order valence-corrected chi connectivity index (χ0v) is 17.3. The monoisotopic (exact) mass is 336 g/mol. The number of rotatable bonds is 3. The first-order chi connectivity index (χ1) is 10.6. The van der Waals surface area contributed by atoms with Crippen LogP contribution < -0.4 is 5.19 Å². The highest BCUT2D eigenvalue weighted by atomic mass is 28.3. The summed E-state index contributed by atoms with van der Waals surface area (Å²) >= 11 is 0. The van der Waals surface area contributed by atoms with Crippen LogP contribution in [0.25, 0.3) is 0 Å². The highest BCUT2D eigenvalue weighted by Crippen LogP contribution is 2.12. The Morgan fingerprint density at radius 2 is 1.09 bits per heavy atom. The molecule has 0 saturated carbocycles. The maximum absolute atomic E-state index is 3.28. The first-order valence-electron chi connectivity index (χ1n) is 8.35. The first-order valence-corrected chi connectivity index (χ1v) is 15.6. The summed E-state index contributed by atoms with van der Waals surface area (Å²) in [5, 5.41) is 1.48. The minimum atomic E-state index is -1.21. The average molecular weight is 337 g/mol. The summed E-state index contributed by atoms with van der Waals surface area (Å²) in [5.41, 5.74) is 3.63. The maximum atomic E-state index is 3.28. The number of hydrogen-bond acceptors (Lipinski definition) is 0. The van der Waals surface area contributed by atoms with Gasteiger partial charge in [-0.2, -0.15) is 0 Å². The van der Waals surface area contributed by atoms with E-state index in [1.54, 1.807) is 0 Å². The molecule has 0 spiro atoms. The SMILES string of the molecule is C[Si](C)(C)Cc1ccc(C#Cc2ccc([Si](C)(C)C)cc2)cc1. The summed E-state index contributed by atoms with van der Waals surface area (Å²) < 4.78 is 0. The Kier molecular flexibility index (Phi) is 5.34. The van der Waals surface area contributed by atoms with Crippen LogP contribution in [0.1, 0.15) is 16.7 Å². The molecule has 2 rings (SSSR count). The zero-order chi connectivity index (χ0) is 17.1. The molecule has 0 heterocycles. The molecule has 0 unspecified atom stereocenters. The smallest absolute Gasteiger partial charge is 0.0693 e. The van der Waals surface area contributed by atoms with Gasteiger partial charge in [-0.25, -0.2) is 0 Å². The van der Waals surface area contributed by atoms with E-state index in [-0.39, 0.29) is 0 Å². The van der Waals surface area contributed by atoms with Crippen molar-refractivity contribution in [2.75, 3.05) is 0 Å². The lowest BCUT2D eigenvalue weighted by Crippen LogP contribution is -2.37. The highest BCUT2D eigenvalue weighted by molar-refractivity contribution is 6.88. The average Bonchev–Trinajstić information content (AvgIpc) is 2.44. The third kappa shape index (κ3) is 5.86. The van der Waals surface area contributed by atoms with Gasteiger partial charge < -0.3 is 0 Å². The third-order valence-electron chi connectivity index (χ3n) is 3.79. The van der Waals surface area contributed by atoms with Crippen molar-refractivity contribution in [2.45, 2.75) is 45.3 Å². The molecule has 0 aromatic heterocycles. The Labute approximate surface area is 144 Å². The molecule has 2 heteroatoms. The molecule has 23 heavy (non-hydrogen) atoms. The predicted molar refractivity (Wildman–Crippen MR) is 109 cm³/mol. The van der Waals surface area contributed by atoms with Crippen molar-refractivity contribution in [1.82, 2.24) is 0 Å². The predicted octanol–water partition coefficient (Wildman–Crippen LogP) is 5.05. The first kappa shape index (κ1) is 17.8. The molecule has 0 aliphatic carbocycles. The molecule has 0 aliphatic rings. The normalized spacial score (nSPS) is 11.7. The fourth-order valence-corrected chi connectivity index (χ4v) is 5.14. The molecule has 0 radical (unpaired) electrons. The van der Waals surface area contributed by atoms with Gasteiger partial charge in [0, 0.05) is 19.2 Å². The maximum Gasteiger partial charge on any atom is 0.0775 e. The summed E-state index contributed by atoms with van der Waals surface area (Å²) in [6.07, 6.45) is 0. The van der Waals surface area contributed by atoms with Gasteiger partial charge in [-0.05, 0) is 30.3 Å². The van der Waals surface area contributed by atoms with Crippen LogP contribution in [0, 0.1) is 11.8 Å². The van der Waals surface area contributed by atoms with Gasteiger partial charge >= 0.3 is 0 Å². The summed E-state index contributed by atoms with van der Waals surface area (Å²) in [5.74, 6) is 6.56. The molecular weight excluding hydrogens is 308 g/mol. The van der Waals surface area contributed by atoms with Gasteiger partial charge in [0.1, 0.15) is 0 Å². The zero-order valence-electron chi connectivity index (χ0n) is 15.3. The molecule has 0 N–H and O–H groups in total. The van der Waals surface area contributed by atoms with E-state index in [0.717, 1.165) is 11.1 Å². The van der Waals surface area contributed by atoms with Gasteiger partial charge in [-0.1, -0.05) is 86.1 Å². The fourth-order valence-electron chi connectivity index (χ4n) is 2.52. The van der Waals surface area contributed by atoms with Gasteiger partial charge in [0.15, 0.2) is 0 Å². The van der Waals surface area contributed by atoms with Gasteiger partial charge in [0.05, 0.1) is 8.07 Å². The largest absolute Gasteiger partial charge is 0.0775 e. The molecule has 0 bridgehead atoms. The van der Waals surface area contributed by atoms with Gasteiger partial charge in [-0.3, -0.25) is 0 Å². The summed E-state index contributed by atoms with van der Waals surface area (Å²) in [7, 11) is -2.25. The quantitative estimate of drug-likeness (QED) is 0.543.